The Kier molecular flexibility index (Phi) is 4.19. The van der Waals surface area contributed by atoms with Gasteiger partial charge < -0.3 is 5.73 Å². The lowest BCUT2D eigenvalue weighted by molar-refractivity contribution is 0.632. The fourth-order valence-electron chi connectivity index (χ4n) is 1.77. The Morgan fingerprint density at radius 2 is 2.17 bits per heavy atom. The number of benzene rings is 1. The maximum absolute atomic E-state index is 6.15. The minimum atomic E-state index is 0.693. The minimum Gasteiger partial charge on any atom is -0.399 e. The average Bonchev–Trinajstić information content (AvgIpc) is 2.68. The van der Waals surface area contributed by atoms with Gasteiger partial charge in [-0.3, -0.25) is 4.68 Å². The summed E-state index contributed by atoms with van der Waals surface area (Å²) in [6.07, 6.45) is 0. The molecule has 3 nitrogen and oxygen atoms in total. The molecule has 0 saturated heterocycles. The molecule has 0 aliphatic rings. The molecule has 2 rings (SSSR count). The third-order valence-corrected chi connectivity index (χ3v) is 4.15. The van der Waals surface area contributed by atoms with Crippen LogP contribution in [0.1, 0.15) is 18.3 Å². The van der Waals surface area contributed by atoms with Gasteiger partial charge in [0.2, 0.25) is 0 Å². The van der Waals surface area contributed by atoms with E-state index in [0.717, 1.165) is 22.9 Å². The van der Waals surface area contributed by atoms with E-state index < -0.39 is 0 Å². The van der Waals surface area contributed by atoms with Crippen LogP contribution in [0.2, 0.25) is 5.02 Å². The van der Waals surface area contributed by atoms with Crippen molar-refractivity contribution < 1.29 is 0 Å². The molecule has 0 bridgehead atoms. The highest BCUT2D eigenvalue weighted by atomic mass is 35.5. The zero-order valence-corrected chi connectivity index (χ0v) is 12.1. The first-order chi connectivity index (χ1) is 8.60. The van der Waals surface area contributed by atoms with E-state index in [0.29, 0.717) is 10.7 Å². The molecule has 2 aromatic rings. The van der Waals surface area contributed by atoms with E-state index in [-0.39, 0.29) is 0 Å². The Morgan fingerprint density at radius 3 is 2.83 bits per heavy atom. The zero-order valence-electron chi connectivity index (χ0n) is 10.5. The van der Waals surface area contributed by atoms with Crippen molar-refractivity contribution >= 4 is 29.1 Å². The van der Waals surface area contributed by atoms with Crippen molar-refractivity contribution in [2.75, 3.05) is 5.73 Å². The van der Waals surface area contributed by atoms with E-state index in [2.05, 4.69) is 18.1 Å². The first-order valence-electron chi connectivity index (χ1n) is 5.81. The standard InChI is InChI=1S/C13H16ClN3S/c1-3-17-11(6-9(2)16-17)8-18-13-5-4-10(15)7-12(13)14/h4-7H,3,8,15H2,1-2H3. The number of aromatic nitrogens is 2. The van der Waals surface area contributed by atoms with Crippen LogP contribution in [-0.4, -0.2) is 9.78 Å². The maximum Gasteiger partial charge on any atom is 0.0596 e. The van der Waals surface area contributed by atoms with Gasteiger partial charge >= 0.3 is 0 Å². The second-order valence-corrected chi connectivity index (χ2v) is 5.50. The summed E-state index contributed by atoms with van der Waals surface area (Å²) in [7, 11) is 0. The van der Waals surface area contributed by atoms with Gasteiger partial charge in [-0.15, -0.1) is 11.8 Å². The quantitative estimate of drug-likeness (QED) is 0.686. The van der Waals surface area contributed by atoms with E-state index in [4.69, 9.17) is 17.3 Å². The van der Waals surface area contributed by atoms with Crippen LogP contribution in [0.3, 0.4) is 0 Å². The summed E-state index contributed by atoms with van der Waals surface area (Å²) < 4.78 is 2.02. The van der Waals surface area contributed by atoms with E-state index in [1.807, 2.05) is 23.7 Å². The number of hydrogen-bond donors (Lipinski definition) is 1. The molecule has 5 heteroatoms. The van der Waals surface area contributed by atoms with Gasteiger partial charge in [0.15, 0.2) is 0 Å². The second-order valence-electron chi connectivity index (χ2n) is 4.07. The van der Waals surface area contributed by atoms with Crippen LogP contribution < -0.4 is 5.73 Å². The van der Waals surface area contributed by atoms with Crippen molar-refractivity contribution in [1.82, 2.24) is 9.78 Å². The SMILES string of the molecule is CCn1nc(C)cc1CSc1ccc(N)cc1Cl. The Balaban J connectivity index is 2.11. The molecule has 18 heavy (non-hydrogen) atoms. The number of nitrogens with zero attached hydrogens (tertiary/aromatic N) is 2. The molecule has 0 spiro atoms. The molecular weight excluding hydrogens is 266 g/mol. The number of nitrogens with two attached hydrogens (primary N) is 1. The van der Waals surface area contributed by atoms with Gasteiger partial charge in [-0.25, -0.2) is 0 Å². The highest BCUT2D eigenvalue weighted by Crippen LogP contribution is 2.31. The largest absolute Gasteiger partial charge is 0.399 e. The van der Waals surface area contributed by atoms with Crippen LogP contribution in [-0.2, 0) is 12.3 Å². The molecule has 0 amide bonds. The molecular formula is C13H16ClN3S. The minimum absolute atomic E-state index is 0.693. The van der Waals surface area contributed by atoms with Crippen LogP contribution in [0, 0.1) is 6.92 Å². The van der Waals surface area contributed by atoms with Crippen LogP contribution in [0.5, 0.6) is 0 Å². The highest BCUT2D eigenvalue weighted by Gasteiger charge is 2.07. The van der Waals surface area contributed by atoms with Crippen molar-refractivity contribution in [3.05, 3.63) is 40.7 Å². The molecule has 1 aromatic carbocycles. The molecule has 0 atom stereocenters. The molecule has 2 N–H and O–H groups in total. The van der Waals surface area contributed by atoms with Crippen LogP contribution in [0.4, 0.5) is 5.69 Å². The van der Waals surface area contributed by atoms with Crippen molar-refractivity contribution in [2.45, 2.75) is 31.0 Å². The van der Waals surface area contributed by atoms with E-state index >= 15 is 0 Å². The summed E-state index contributed by atoms with van der Waals surface area (Å²) in [5, 5.41) is 5.14. The second kappa shape index (κ2) is 5.67. The molecule has 0 fully saturated rings. The number of rotatable bonds is 4. The highest BCUT2D eigenvalue weighted by molar-refractivity contribution is 7.98. The number of aryl methyl sites for hydroxylation is 2. The first kappa shape index (κ1) is 13.3. The lowest BCUT2D eigenvalue weighted by Crippen LogP contribution is -2.01. The average molecular weight is 282 g/mol. The van der Waals surface area contributed by atoms with Crippen LogP contribution in [0.15, 0.2) is 29.2 Å². The van der Waals surface area contributed by atoms with E-state index in [1.165, 1.54) is 5.69 Å². The van der Waals surface area contributed by atoms with Gasteiger partial charge in [0.25, 0.3) is 0 Å². The fourth-order valence-corrected chi connectivity index (χ4v) is 3.02. The van der Waals surface area contributed by atoms with Gasteiger partial charge in [-0.05, 0) is 38.1 Å². The topological polar surface area (TPSA) is 43.8 Å². The number of hydrogen-bond acceptors (Lipinski definition) is 3. The van der Waals surface area contributed by atoms with Crippen molar-refractivity contribution in [3.8, 4) is 0 Å². The molecule has 0 aliphatic heterocycles. The zero-order chi connectivity index (χ0) is 13.1. The molecule has 0 radical (unpaired) electrons. The van der Waals surface area contributed by atoms with Crippen LogP contribution >= 0.6 is 23.4 Å². The predicted molar refractivity (Wildman–Crippen MR) is 78.1 cm³/mol. The number of nitrogen functional groups attached to an aromatic ring is 1. The third-order valence-electron chi connectivity index (χ3n) is 2.62. The lowest BCUT2D eigenvalue weighted by atomic mass is 10.3. The Hall–Kier alpha value is -1.13. The van der Waals surface area contributed by atoms with Gasteiger partial charge in [0.05, 0.1) is 10.7 Å². The maximum atomic E-state index is 6.15. The number of anilines is 1. The van der Waals surface area contributed by atoms with E-state index in [9.17, 15) is 0 Å². The summed E-state index contributed by atoms with van der Waals surface area (Å²) >= 11 is 7.85. The van der Waals surface area contributed by atoms with Gasteiger partial charge in [-0.1, -0.05) is 11.6 Å². The molecule has 0 unspecified atom stereocenters. The summed E-state index contributed by atoms with van der Waals surface area (Å²) in [4.78, 5) is 1.05. The monoisotopic (exact) mass is 281 g/mol. The smallest absolute Gasteiger partial charge is 0.0596 e. The van der Waals surface area contributed by atoms with Crippen molar-refractivity contribution in [1.29, 1.82) is 0 Å². The van der Waals surface area contributed by atoms with Gasteiger partial charge in [0, 0.05) is 28.6 Å². The summed E-state index contributed by atoms with van der Waals surface area (Å²) in [5.74, 6) is 0.859. The van der Waals surface area contributed by atoms with Crippen molar-refractivity contribution in [2.24, 2.45) is 0 Å². The number of halogens is 1. The Bertz CT molecular complexity index is 551. The van der Waals surface area contributed by atoms with Gasteiger partial charge in [-0.2, -0.15) is 5.10 Å². The normalized spacial score (nSPS) is 10.8. The molecule has 1 heterocycles. The summed E-state index contributed by atoms with van der Waals surface area (Å²) in [5.41, 5.74) is 8.64. The summed E-state index contributed by atoms with van der Waals surface area (Å²) in [6.45, 7) is 4.99. The lowest BCUT2D eigenvalue weighted by Gasteiger charge is -2.06. The fraction of sp³-hybridized carbons (Fsp3) is 0.308. The van der Waals surface area contributed by atoms with Crippen LogP contribution in [0.25, 0.3) is 0 Å². The molecule has 1 aromatic heterocycles. The number of thioether (sulfide) groups is 1. The van der Waals surface area contributed by atoms with Gasteiger partial charge in [0.1, 0.15) is 0 Å². The first-order valence-corrected chi connectivity index (χ1v) is 7.17. The Morgan fingerprint density at radius 1 is 1.39 bits per heavy atom. The third kappa shape index (κ3) is 3.00. The summed E-state index contributed by atoms with van der Waals surface area (Å²) in [6, 6.07) is 7.73. The molecule has 0 aliphatic carbocycles. The molecule has 0 saturated carbocycles. The van der Waals surface area contributed by atoms with E-state index in [1.54, 1.807) is 17.8 Å². The Labute approximate surface area is 116 Å². The van der Waals surface area contributed by atoms with Crippen molar-refractivity contribution in [3.63, 3.8) is 0 Å². The predicted octanol–water partition coefficient (Wildman–Crippen LogP) is 3.74. The molecule has 96 valence electrons.